The van der Waals surface area contributed by atoms with Gasteiger partial charge >= 0.3 is 5.97 Å². The van der Waals surface area contributed by atoms with Crippen LogP contribution in [0.25, 0.3) is 11.0 Å². The van der Waals surface area contributed by atoms with Crippen LogP contribution in [0.4, 0.5) is 0 Å². The van der Waals surface area contributed by atoms with Crippen LogP contribution in [0.1, 0.15) is 43.9 Å². The molecule has 1 unspecified atom stereocenters. The Morgan fingerprint density at radius 1 is 1.42 bits per heavy atom. The third kappa shape index (κ3) is 2.78. The van der Waals surface area contributed by atoms with Gasteiger partial charge in [0.25, 0.3) is 0 Å². The van der Waals surface area contributed by atoms with Crippen molar-refractivity contribution in [2.75, 3.05) is 0 Å². The molecule has 2 aromatic rings. The zero-order valence-corrected chi connectivity index (χ0v) is 11.8. The molecule has 1 aromatic carbocycles. The molecule has 0 radical (unpaired) electrons. The van der Waals surface area contributed by atoms with E-state index in [1.54, 1.807) is 12.1 Å². The Morgan fingerprint density at radius 2 is 2.11 bits per heavy atom. The molecule has 2 rings (SSSR count). The maximum atomic E-state index is 11.2. The summed E-state index contributed by atoms with van der Waals surface area (Å²) in [7, 11) is 0. The van der Waals surface area contributed by atoms with Gasteiger partial charge in [0.2, 0.25) is 0 Å². The molecule has 0 saturated heterocycles. The van der Waals surface area contributed by atoms with Crippen LogP contribution >= 0.6 is 0 Å². The van der Waals surface area contributed by atoms with Gasteiger partial charge in [-0.1, -0.05) is 33.8 Å². The molecule has 1 atom stereocenters. The second kappa shape index (κ2) is 4.68. The Bertz CT molecular complexity index is 608. The summed E-state index contributed by atoms with van der Waals surface area (Å²) >= 11 is 0. The first-order valence-corrected chi connectivity index (χ1v) is 6.50. The molecule has 0 spiro atoms. The number of para-hydroxylation sites is 1. The van der Waals surface area contributed by atoms with Crippen molar-refractivity contribution < 1.29 is 9.90 Å². The Labute approximate surface area is 112 Å². The smallest absolute Gasteiger partial charge is 0.337 e. The summed E-state index contributed by atoms with van der Waals surface area (Å²) in [5.74, 6) is 0.375. The molecule has 2 N–H and O–H groups in total. The number of benzene rings is 1. The summed E-state index contributed by atoms with van der Waals surface area (Å²) in [5, 5.41) is 9.15. The Hall–Kier alpha value is -1.84. The van der Waals surface area contributed by atoms with Gasteiger partial charge in [-0.3, -0.25) is 0 Å². The fourth-order valence-corrected chi connectivity index (χ4v) is 1.95. The highest BCUT2D eigenvalue weighted by Crippen LogP contribution is 2.28. The maximum Gasteiger partial charge on any atom is 0.337 e. The van der Waals surface area contributed by atoms with Crippen molar-refractivity contribution in [2.45, 2.75) is 34.1 Å². The summed E-state index contributed by atoms with van der Waals surface area (Å²) in [6.45, 7) is 8.78. The van der Waals surface area contributed by atoms with Crippen LogP contribution in [-0.4, -0.2) is 21.0 Å². The number of nitrogens with one attached hydrogen (secondary N) is 1. The Morgan fingerprint density at radius 3 is 2.68 bits per heavy atom. The number of fused-ring (bicyclic) bond motifs is 1. The normalized spacial score (nSPS) is 13.7. The van der Waals surface area contributed by atoms with Gasteiger partial charge in [0, 0.05) is 6.42 Å². The van der Waals surface area contributed by atoms with Crippen molar-refractivity contribution in [3.63, 3.8) is 0 Å². The number of hydrogen-bond acceptors (Lipinski definition) is 2. The Balaban J connectivity index is 2.37. The predicted octanol–water partition coefficient (Wildman–Crippen LogP) is 3.49. The third-order valence-corrected chi connectivity index (χ3v) is 3.77. The van der Waals surface area contributed by atoms with E-state index in [1.807, 2.05) is 6.07 Å². The largest absolute Gasteiger partial charge is 0.478 e. The average Bonchev–Trinajstić information content (AvgIpc) is 2.68. The van der Waals surface area contributed by atoms with E-state index in [0.29, 0.717) is 11.4 Å². The van der Waals surface area contributed by atoms with Gasteiger partial charge in [-0.25, -0.2) is 9.78 Å². The number of hydrogen-bond donors (Lipinski definition) is 2. The lowest BCUT2D eigenvalue weighted by atomic mass is 9.80. The molecule has 0 bridgehead atoms. The minimum absolute atomic E-state index is 0.203. The first kappa shape index (κ1) is 13.6. The fraction of sp³-hybridized carbons (Fsp3) is 0.467. The van der Waals surface area contributed by atoms with Crippen LogP contribution < -0.4 is 0 Å². The van der Waals surface area contributed by atoms with Gasteiger partial charge in [0.15, 0.2) is 0 Å². The van der Waals surface area contributed by atoms with E-state index < -0.39 is 5.97 Å². The van der Waals surface area contributed by atoms with Crippen molar-refractivity contribution in [3.8, 4) is 0 Å². The number of nitrogens with zero attached hydrogens (tertiary/aromatic N) is 1. The van der Waals surface area contributed by atoms with Crippen molar-refractivity contribution in [1.82, 2.24) is 9.97 Å². The van der Waals surface area contributed by atoms with E-state index in [1.165, 1.54) is 0 Å². The minimum atomic E-state index is -0.937. The molecule has 1 aromatic heterocycles. The summed E-state index contributed by atoms with van der Waals surface area (Å²) < 4.78 is 0. The van der Waals surface area contributed by atoms with Crippen LogP contribution in [0.5, 0.6) is 0 Å². The van der Waals surface area contributed by atoms with E-state index in [4.69, 9.17) is 5.11 Å². The summed E-state index contributed by atoms with van der Waals surface area (Å²) in [5.41, 5.74) is 1.79. The number of rotatable bonds is 3. The SMILES string of the molecule is CC(Cc1nc2c(C(=O)O)cccc2[nH]1)C(C)(C)C. The Kier molecular flexibility index (Phi) is 3.35. The number of aromatic carboxylic acids is 1. The van der Waals surface area contributed by atoms with E-state index in [-0.39, 0.29) is 11.0 Å². The molecular formula is C15H20N2O2. The maximum absolute atomic E-state index is 11.2. The molecule has 0 aliphatic heterocycles. The molecule has 19 heavy (non-hydrogen) atoms. The van der Waals surface area contributed by atoms with Crippen molar-refractivity contribution >= 4 is 17.0 Å². The molecule has 1 heterocycles. The minimum Gasteiger partial charge on any atom is -0.478 e. The number of imidazole rings is 1. The molecule has 4 heteroatoms. The second-order valence-electron chi connectivity index (χ2n) is 6.16. The summed E-state index contributed by atoms with van der Waals surface area (Å²) in [6.07, 6.45) is 0.817. The second-order valence-corrected chi connectivity index (χ2v) is 6.16. The van der Waals surface area contributed by atoms with Gasteiger partial charge in [0.1, 0.15) is 11.3 Å². The lowest BCUT2D eigenvalue weighted by Gasteiger charge is -2.26. The monoisotopic (exact) mass is 260 g/mol. The van der Waals surface area contributed by atoms with Crippen molar-refractivity contribution in [2.24, 2.45) is 11.3 Å². The topological polar surface area (TPSA) is 66.0 Å². The summed E-state index contributed by atoms with van der Waals surface area (Å²) in [6, 6.07) is 5.18. The third-order valence-electron chi connectivity index (χ3n) is 3.77. The van der Waals surface area contributed by atoms with Gasteiger partial charge in [-0.05, 0) is 23.5 Å². The average molecular weight is 260 g/mol. The fourth-order valence-electron chi connectivity index (χ4n) is 1.95. The molecule has 0 fully saturated rings. The first-order valence-electron chi connectivity index (χ1n) is 6.50. The highest BCUT2D eigenvalue weighted by Gasteiger charge is 2.22. The highest BCUT2D eigenvalue weighted by molar-refractivity contribution is 6.00. The highest BCUT2D eigenvalue weighted by atomic mass is 16.4. The number of aromatic amines is 1. The van der Waals surface area contributed by atoms with Gasteiger partial charge in [0.05, 0.1) is 11.1 Å². The lowest BCUT2D eigenvalue weighted by molar-refractivity contribution is 0.0699. The zero-order valence-electron chi connectivity index (χ0n) is 11.8. The van der Waals surface area contributed by atoms with Gasteiger partial charge < -0.3 is 10.1 Å². The van der Waals surface area contributed by atoms with Crippen LogP contribution in [0.15, 0.2) is 18.2 Å². The first-order chi connectivity index (χ1) is 8.79. The van der Waals surface area contributed by atoms with E-state index in [9.17, 15) is 4.79 Å². The predicted molar refractivity (Wildman–Crippen MR) is 75.4 cm³/mol. The lowest BCUT2D eigenvalue weighted by Crippen LogP contribution is -2.19. The number of H-pyrrole nitrogens is 1. The molecular weight excluding hydrogens is 240 g/mol. The van der Waals surface area contributed by atoms with E-state index in [0.717, 1.165) is 17.8 Å². The van der Waals surface area contributed by atoms with E-state index in [2.05, 4.69) is 37.7 Å². The van der Waals surface area contributed by atoms with Crippen LogP contribution in [0.3, 0.4) is 0 Å². The van der Waals surface area contributed by atoms with Gasteiger partial charge in [-0.2, -0.15) is 0 Å². The van der Waals surface area contributed by atoms with Crippen LogP contribution in [0.2, 0.25) is 0 Å². The molecule has 0 saturated carbocycles. The molecule has 0 aliphatic carbocycles. The summed E-state index contributed by atoms with van der Waals surface area (Å²) in [4.78, 5) is 18.8. The number of aromatic nitrogens is 2. The van der Waals surface area contributed by atoms with Crippen LogP contribution in [-0.2, 0) is 6.42 Å². The molecule has 4 nitrogen and oxygen atoms in total. The number of carboxylic acid groups (broad SMARTS) is 1. The zero-order chi connectivity index (χ0) is 14.2. The quantitative estimate of drug-likeness (QED) is 0.887. The molecule has 0 amide bonds. The molecule has 0 aliphatic rings. The van der Waals surface area contributed by atoms with Crippen molar-refractivity contribution in [1.29, 1.82) is 0 Å². The standard InChI is InChI=1S/C15H20N2O2/c1-9(15(2,3)4)8-12-16-11-7-5-6-10(14(18)19)13(11)17-12/h5-7,9H,8H2,1-4H3,(H,16,17)(H,18,19). The van der Waals surface area contributed by atoms with Crippen LogP contribution in [0, 0.1) is 11.3 Å². The number of carbonyl (C=O) groups is 1. The van der Waals surface area contributed by atoms with Crippen molar-refractivity contribution in [3.05, 3.63) is 29.6 Å². The van der Waals surface area contributed by atoms with Gasteiger partial charge in [-0.15, -0.1) is 0 Å². The molecule has 102 valence electrons. The van der Waals surface area contributed by atoms with E-state index >= 15 is 0 Å². The number of carboxylic acids is 1.